The molecule has 5 rings (SSSR count). The number of hydrogen-bond donors (Lipinski definition) is 3. The zero-order chi connectivity index (χ0) is 21.0. The second kappa shape index (κ2) is 5.68. The third-order valence-electron chi connectivity index (χ3n) is 9.00. The molecule has 0 aromatic carbocycles. The largest absolute Gasteiger partial charge is 0.407 e. The molecule has 2 heterocycles. The highest BCUT2D eigenvalue weighted by atomic mass is 16.9. The maximum Gasteiger partial charge on any atom is 0.338 e. The average molecular weight is 408 g/mol. The molecule has 4 bridgehead atoms. The van der Waals surface area contributed by atoms with Crippen LogP contribution in [0, 0.1) is 34.0 Å². The average Bonchev–Trinajstić information content (AvgIpc) is 2.88. The summed E-state index contributed by atoms with van der Waals surface area (Å²) < 4.78 is 16.8. The number of hydrogen-bond acceptors (Lipinski definition) is 8. The standard InChI is InChI=1S/C21H28O8/c1-10-11-4-5-12-19(8-11,15(10)24)16(25)28-21(26)20(12)13(9-22)18(2,7-6-14(20)23)17(27-3)29-21/h9,11-15,17,23-24,26H,1,4-8H2,2-3H3/t11-,12-,13+,14?,15+,17?,18+,19-,20+,21+/m0/s1. The Kier molecular flexibility index (Phi) is 3.84. The van der Waals surface area contributed by atoms with Crippen molar-refractivity contribution >= 4 is 12.3 Å². The molecule has 0 aromatic rings. The van der Waals surface area contributed by atoms with E-state index in [4.69, 9.17) is 14.2 Å². The minimum Gasteiger partial charge on any atom is -0.407 e. The van der Waals surface area contributed by atoms with E-state index in [9.17, 15) is 24.9 Å². The third kappa shape index (κ3) is 1.85. The van der Waals surface area contributed by atoms with Crippen LogP contribution in [0.15, 0.2) is 12.2 Å². The van der Waals surface area contributed by atoms with Gasteiger partial charge in [0.2, 0.25) is 0 Å². The van der Waals surface area contributed by atoms with E-state index in [1.807, 2.05) is 6.92 Å². The van der Waals surface area contributed by atoms with Crippen LogP contribution < -0.4 is 0 Å². The number of fused-ring (bicyclic) bond motifs is 2. The zero-order valence-corrected chi connectivity index (χ0v) is 16.7. The lowest BCUT2D eigenvalue weighted by Crippen LogP contribution is -2.82. The molecule has 2 unspecified atom stereocenters. The lowest BCUT2D eigenvalue weighted by atomic mass is 9.41. The Labute approximate surface area is 168 Å². The van der Waals surface area contributed by atoms with E-state index in [1.54, 1.807) is 0 Å². The Hall–Kier alpha value is -1.32. The van der Waals surface area contributed by atoms with Crippen molar-refractivity contribution in [3.8, 4) is 0 Å². The van der Waals surface area contributed by atoms with E-state index in [0.29, 0.717) is 31.3 Å². The summed E-state index contributed by atoms with van der Waals surface area (Å²) in [5.41, 5.74) is -3.20. The van der Waals surface area contributed by atoms with Crippen LogP contribution in [0.4, 0.5) is 0 Å². The highest BCUT2D eigenvalue weighted by Crippen LogP contribution is 2.74. The molecule has 0 aromatic heterocycles. The highest BCUT2D eigenvalue weighted by molar-refractivity contribution is 5.82. The van der Waals surface area contributed by atoms with Crippen LogP contribution in [0.25, 0.3) is 0 Å². The number of methoxy groups -OCH3 is 1. The summed E-state index contributed by atoms with van der Waals surface area (Å²) in [4.78, 5) is 25.8. The van der Waals surface area contributed by atoms with Gasteiger partial charge in [-0.25, -0.2) is 0 Å². The molecule has 3 saturated carbocycles. The molecule has 10 atom stereocenters. The molecule has 0 amide bonds. The molecule has 2 spiro atoms. The van der Waals surface area contributed by atoms with Crippen LogP contribution in [0.1, 0.15) is 39.0 Å². The summed E-state index contributed by atoms with van der Waals surface area (Å²) in [6.07, 6.45) is -0.414. The van der Waals surface area contributed by atoms with Crippen molar-refractivity contribution < 1.29 is 39.1 Å². The van der Waals surface area contributed by atoms with Crippen LogP contribution in [-0.4, -0.2) is 59.2 Å². The summed E-state index contributed by atoms with van der Waals surface area (Å²) in [7, 11) is 1.40. The normalized spacial score (nSPS) is 58.2. The molecule has 160 valence electrons. The van der Waals surface area contributed by atoms with Crippen LogP contribution in [0.5, 0.6) is 0 Å². The van der Waals surface area contributed by atoms with Gasteiger partial charge in [0.05, 0.1) is 12.2 Å². The molecule has 2 aliphatic heterocycles. The Balaban J connectivity index is 1.78. The Morgan fingerprint density at radius 3 is 2.66 bits per heavy atom. The smallest absolute Gasteiger partial charge is 0.338 e. The fourth-order valence-corrected chi connectivity index (χ4v) is 7.69. The Morgan fingerprint density at radius 1 is 1.28 bits per heavy atom. The van der Waals surface area contributed by atoms with Crippen molar-refractivity contribution in [3.63, 3.8) is 0 Å². The number of carbonyl (C=O) groups is 2. The number of aldehydes is 1. The van der Waals surface area contributed by atoms with E-state index < -0.39 is 58.5 Å². The molecule has 0 radical (unpaired) electrons. The number of aliphatic hydroxyl groups excluding tert-OH is 2. The van der Waals surface area contributed by atoms with Gasteiger partial charge in [-0.15, -0.1) is 0 Å². The van der Waals surface area contributed by atoms with Crippen molar-refractivity contribution in [1.29, 1.82) is 0 Å². The second-order valence-electron chi connectivity index (χ2n) is 9.81. The van der Waals surface area contributed by atoms with Crippen LogP contribution in [-0.2, 0) is 23.8 Å². The van der Waals surface area contributed by atoms with Gasteiger partial charge in [0.25, 0.3) is 0 Å². The van der Waals surface area contributed by atoms with E-state index in [-0.39, 0.29) is 12.3 Å². The van der Waals surface area contributed by atoms with Gasteiger partial charge in [0.15, 0.2) is 6.29 Å². The number of aliphatic hydroxyl groups is 3. The van der Waals surface area contributed by atoms with Gasteiger partial charge in [-0.05, 0) is 49.5 Å². The van der Waals surface area contributed by atoms with Crippen LogP contribution in [0.3, 0.4) is 0 Å². The summed E-state index contributed by atoms with van der Waals surface area (Å²) >= 11 is 0. The summed E-state index contributed by atoms with van der Waals surface area (Å²) in [6.45, 7) is 5.83. The van der Waals surface area contributed by atoms with E-state index in [2.05, 4.69) is 6.58 Å². The predicted octanol–water partition coefficient (Wildman–Crippen LogP) is 0.488. The molecule has 8 nitrogen and oxygen atoms in total. The predicted molar refractivity (Wildman–Crippen MR) is 96.7 cm³/mol. The maximum atomic E-state index is 13.3. The van der Waals surface area contributed by atoms with Gasteiger partial charge in [-0.3, -0.25) is 9.53 Å². The molecule has 8 heteroatoms. The van der Waals surface area contributed by atoms with Gasteiger partial charge in [-0.2, -0.15) is 0 Å². The zero-order valence-electron chi connectivity index (χ0n) is 16.7. The molecule has 3 N–H and O–H groups in total. The van der Waals surface area contributed by atoms with Crippen molar-refractivity contribution in [1.82, 2.24) is 0 Å². The van der Waals surface area contributed by atoms with E-state index >= 15 is 0 Å². The molecule has 29 heavy (non-hydrogen) atoms. The fraction of sp³-hybridized carbons (Fsp3) is 0.810. The quantitative estimate of drug-likeness (QED) is 0.343. The number of esters is 1. The first kappa shape index (κ1) is 19.6. The highest BCUT2D eigenvalue weighted by Gasteiger charge is 2.84. The van der Waals surface area contributed by atoms with Crippen LogP contribution >= 0.6 is 0 Å². The Morgan fingerprint density at radius 2 is 2.00 bits per heavy atom. The third-order valence-corrected chi connectivity index (χ3v) is 9.00. The topological polar surface area (TPSA) is 123 Å². The number of ether oxygens (including phenoxy) is 3. The minimum atomic E-state index is -2.53. The first-order chi connectivity index (χ1) is 13.6. The van der Waals surface area contributed by atoms with E-state index in [1.165, 1.54) is 7.11 Å². The summed E-state index contributed by atoms with van der Waals surface area (Å²) in [5, 5.41) is 34.0. The molecule has 2 saturated heterocycles. The fourth-order valence-electron chi connectivity index (χ4n) is 7.69. The van der Waals surface area contributed by atoms with Gasteiger partial charge in [-0.1, -0.05) is 13.5 Å². The van der Waals surface area contributed by atoms with Gasteiger partial charge in [0.1, 0.15) is 17.1 Å². The lowest BCUT2D eigenvalue weighted by molar-refractivity contribution is -0.523. The van der Waals surface area contributed by atoms with Crippen molar-refractivity contribution in [3.05, 3.63) is 12.2 Å². The Bertz CT molecular complexity index is 798. The molecule has 5 aliphatic rings. The summed E-state index contributed by atoms with van der Waals surface area (Å²) in [6, 6.07) is 0. The molecular weight excluding hydrogens is 380 g/mol. The number of rotatable bonds is 2. The van der Waals surface area contributed by atoms with Crippen molar-refractivity contribution in [2.24, 2.45) is 34.0 Å². The van der Waals surface area contributed by atoms with Gasteiger partial charge < -0.3 is 29.6 Å². The minimum absolute atomic E-state index is 0.0329. The monoisotopic (exact) mass is 408 g/mol. The first-order valence-electron chi connectivity index (χ1n) is 10.3. The van der Waals surface area contributed by atoms with E-state index in [0.717, 1.165) is 6.29 Å². The van der Waals surface area contributed by atoms with Crippen LogP contribution in [0.2, 0.25) is 0 Å². The number of carbonyl (C=O) groups excluding carboxylic acids is 2. The maximum absolute atomic E-state index is 13.3. The molecule has 3 aliphatic carbocycles. The van der Waals surface area contributed by atoms with Crippen molar-refractivity contribution in [2.45, 2.75) is 63.5 Å². The first-order valence-corrected chi connectivity index (χ1v) is 10.3. The summed E-state index contributed by atoms with van der Waals surface area (Å²) in [5.74, 6) is -4.92. The van der Waals surface area contributed by atoms with Gasteiger partial charge in [0, 0.05) is 18.4 Å². The van der Waals surface area contributed by atoms with Crippen molar-refractivity contribution in [2.75, 3.05) is 7.11 Å². The second-order valence-corrected chi connectivity index (χ2v) is 9.81. The molecule has 5 fully saturated rings. The SMILES string of the molecule is C=C1[C@H]2CC[C@H]3[C@](C2)(C(=O)O[C@@]2(O)OC(OC)[C@]4(C)CCC(O)[C@]32[C@@H]4C=O)[C@@H]1O. The lowest BCUT2D eigenvalue weighted by Gasteiger charge is -2.70. The van der Waals surface area contributed by atoms with Gasteiger partial charge >= 0.3 is 11.9 Å². The molecular formula is C21H28O8.